The highest BCUT2D eigenvalue weighted by Gasteiger charge is 2.28. The Balaban J connectivity index is 1.97. The molecule has 1 heterocycles. The lowest BCUT2D eigenvalue weighted by Crippen LogP contribution is -3.12. The van der Waals surface area contributed by atoms with E-state index in [1.807, 2.05) is 0 Å². The van der Waals surface area contributed by atoms with Crippen molar-refractivity contribution in [3.05, 3.63) is 24.3 Å². The van der Waals surface area contributed by atoms with Gasteiger partial charge in [-0.15, -0.1) is 0 Å². The summed E-state index contributed by atoms with van der Waals surface area (Å²) in [5, 5.41) is 2.81. The van der Waals surface area contributed by atoms with Gasteiger partial charge in [-0.3, -0.25) is 4.79 Å². The molecule has 0 atom stereocenters. The summed E-state index contributed by atoms with van der Waals surface area (Å²) in [7, 11) is -1.37. The van der Waals surface area contributed by atoms with E-state index in [4.69, 9.17) is 0 Å². The van der Waals surface area contributed by atoms with Gasteiger partial charge >= 0.3 is 0 Å². The Morgan fingerprint density at radius 2 is 1.79 bits per heavy atom. The fraction of sp³-hybridized carbons (Fsp3) is 0.588. The molecule has 1 aromatic carbocycles. The van der Waals surface area contributed by atoms with Crippen LogP contribution >= 0.6 is 0 Å². The van der Waals surface area contributed by atoms with E-state index < -0.39 is 10.0 Å². The lowest BCUT2D eigenvalue weighted by Gasteiger charge is -2.29. The highest BCUT2D eigenvalue weighted by atomic mass is 32.2. The highest BCUT2D eigenvalue weighted by Crippen LogP contribution is 2.18. The van der Waals surface area contributed by atoms with Crippen molar-refractivity contribution in [3.63, 3.8) is 0 Å². The van der Waals surface area contributed by atoms with Crippen LogP contribution in [0.3, 0.4) is 0 Å². The minimum Gasteiger partial charge on any atom is -0.335 e. The zero-order valence-corrected chi connectivity index (χ0v) is 15.4. The number of amides is 1. The number of unbranched alkanes of at least 4 members (excludes halogenated alkanes) is 2. The van der Waals surface area contributed by atoms with Crippen LogP contribution in [0.2, 0.25) is 0 Å². The zero-order chi connectivity index (χ0) is 17.6. The normalized spacial score (nSPS) is 16.9. The topological polar surface area (TPSA) is 70.9 Å². The minimum atomic E-state index is -3.44. The molecule has 1 aliphatic rings. The first-order valence-electron chi connectivity index (χ1n) is 8.65. The Morgan fingerprint density at radius 3 is 2.38 bits per heavy atom. The van der Waals surface area contributed by atoms with Gasteiger partial charge in [-0.25, -0.2) is 8.42 Å². The third-order valence-electron chi connectivity index (χ3n) is 4.36. The maximum atomic E-state index is 12.6. The number of nitrogens with zero attached hydrogens (tertiary/aromatic N) is 1. The average molecular weight is 354 g/mol. The van der Waals surface area contributed by atoms with Crippen LogP contribution in [0.25, 0.3) is 0 Å². The summed E-state index contributed by atoms with van der Waals surface area (Å²) in [4.78, 5) is 13.4. The molecule has 1 saturated heterocycles. The number of hydrogen-bond donors (Lipinski definition) is 2. The molecule has 0 radical (unpaired) electrons. The Hall–Kier alpha value is -1.44. The van der Waals surface area contributed by atoms with Gasteiger partial charge in [0, 0.05) is 12.1 Å². The van der Waals surface area contributed by atoms with Crippen molar-refractivity contribution in [1.29, 1.82) is 0 Å². The monoisotopic (exact) mass is 354 g/mol. The van der Waals surface area contributed by atoms with Gasteiger partial charge in [0.15, 0.2) is 0 Å². The Kier molecular flexibility index (Phi) is 6.77. The van der Waals surface area contributed by atoms with Crippen LogP contribution in [0.5, 0.6) is 0 Å². The molecular formula is C17H28N3O3S+. The number of sulfonamides is 1. The predicted molar refractivity (Wildman–Crippen MR) is 94.6 cm³/mol. The van der Waals surface area contributed by atoms with Crippen molar-refractivity contribution in [2.45, 2.75) is 37.5 Å². The van der Waals surface area contributed by atoms with Gasteiger partial charge in [0.2, 0.25) is 15.9 Å². The quantitative estimate of drug-likeness (QED) is 0.709. The minimum absolute atomic E-state index is 0.0268. The predicted octanol–water partition coefficient (Wildman–Crippen LogP) is 0.724. The summed E-state index contributed by atoms with van der Waals surface area (Å²) in [6.45, 7) is 4.84. The molecular weight excluding hydrogens is 326 g/mol. The van der Waals surface area contributed by atoms with Crippen LogP contribution in [-0.2, 0) is 14.8 Å². The number of carbonyl (C=O) groups excluding carboxylic acids is 1. The van der Waals surface area contributed by atoms with Gasteiger partial charge in [0.25, 0.3) is 0 Å². The number of likely N-dealkylation sites (N-methyl/N-ethyl adjacent to an activating group) is 1. The lowest BCUT2D eigenvalue weighted by atomic mass is 10.2. The Labute approximate surface area is 144 Å². The van der Waals surface area contributed by atoms with E-state index in [1.165, 1.54) is 4.90 Å². The second kappa shape index (κ2) is 8.60. The van der Waals surface area contributed by atoms with E-state index in [0.717, 1.165) is 32.4 Å². The third kappa shape index (κ3) is 5.03. The number of quaternary nitrogens is 1. The van der Waals surface area contributed by atoms with Gasteiger partial charge in [-0.05, 0) is 30.7 Å². The van der Waals surface area contributed by atoms with E-state index >= 15 is 0 Å². The number of nitrogens with one attached hydrogen (secondary N) is 2. The zero-order valence-electron chi connectivity index (χ0n) is 14.5. The summed E-state index contributed by atoms with van der Waals surface area (Å²) < 4.78 is 26.8. The van der Waals surface area contributed by atoms with Gasteiger partial charge in [0.05, 0.1) is 38.1 Å². The van der Waals surface area contributed by atoms with Crippen molar-refractivity contribution in [1.82, 2.24) is 4.31 Å². The van der Waals surface area contributed by atoms with Crippen molar-refractivity contribution in [3.8, 4) is 0 Å². The molecule has 2 rings (SSSR count). The highest BCUT2D eigenvalue weighted by molar-refractivity contribution is 7.89. The molecule has 0 aromatic heterocycles. The van der Waals surface area contributed by atoms with E-state index in [-0.39, 0.29) is 10.8 Å². The molecule has 0 unspecified atom stereocenters. The van der Waals surface area contributed by atoms with E-state index in [0.29, 0.717) is 25.2 Å². The molecule has 1 aromatic rings. The van der Waals surface area contributed by atoms with Crippen LogP contribution in [0.15, 0.2) is 29.2 Å². The van der Waals surface area contributed by atoms with Crippen LogP contribution in [0.4, 0.5) is 5.69 Å². The Morgan fingerprint density at radius 1 is 1.17 bits per heavy atom. The van der Waals surface area contributed by atoms with Crippen LogP contribution < -0.4 is 10.2 Å². The summed E-state index contributed by atoms with van der Waals surface area (Å²) in [6.07, 6.45) is 3.49. The van der Waals surface area contributed by atoms with Crippen LogP contribution in [-0.4, -0.2) is 51.9 Å². The maximum absolute atomic E-state index is 12.6. The number of anilines is 1. The molecule has 0 spiro atoms. The second-order valence-electron chi connectivity index (χ2n) is 6.39. The molecule has 6 nitrogen and oxygen atoms in total. The van der Waals surface area contributed by atoms with Crippen LogP contribution in [0, 0.1) is 0 Å². The average Bonchev–Trinajstić information content (AvgIpc) is 2.56. The number of carbonyl (C=O) groups is 1. The van der Waals surface area contributed by atoms with E-state index in [1.54, 1.807) is 28.6 Å². The fourth-order valence-electron chi connectivity index (χ4n) is 2.73. The standard InChI is InChI=1S/C17H27N3O3S/c1-3-4-5-6-17(21)18-15-7-9-16(10-8-15)24(22,23)20-13-11-19(2)12-14-20/h7-10H,3-6,11-14H2,1-2H3,(H,18,21)/p+1. The van der Waals surface area contributed by atoms with E-state index in [9.17, 15) is 13.2 Å². The smallest absolute Gasteiger partial charge is 0.243 e. The summed E-state index contributed by atoms with van der Waals surface area (Å²) in [5.74, 6) is -0.0268. The molecule has 0 saturated carbocycles. The molecule has 2 N–H and O–H groups in total. The first-order valence-corrected chi connectivity index (χ1v) is 10.1. The number of rotatable bonds is 7. The van der Waals surface area contributed by atoms with Crippen molar-refractivity contribution >= 4 is 21.6 Å². The van der Waals surface area contributed by atoms with Crippen LogP contribution in [0.1, 0.15) is 32.6 Å². The molecule has 134 valence electrons. The molecule has 0 bridgehead atoms. The number of hydrogen-bond acceptors (Lipinski definition) is 3. The molecule has 1 aliphatic heterocycles. The van der Waals surface area contributed by atoms with Gasteiger partial charge in [-0.1, -0.05) is 19.8 Å². The number of piperazine rings is 1. The molecule has 7 heteroatoms. The summed E-state index contributed by atoms with van der Waals surface area (Å²) >= 11 is 0. The largest absolute Gasteiger partial charge is 0.335 e. The van der Waals surface area contributed by atoms with Crippen molar-refractivity contribution in [2.24, 2.45) is 0 Å². The Bertz CT molecular complexity index is 636. The molecule has 1 amide bonds. The summed E-state index contributed by atoms with van der Waals surface area (Å²) in [6, 6.07) is 6.46. The third-order valence-corrected chi connectivity index (χ3v) is 6.27. The summed E-state index contributed by atoms with van der Waals surface area (Å²) in [5.41, 5.74) is 0.637. The molecule has 1 fully saturated rings. The molecule has 24 heavy (non-hydrogen) atoms. The number of benzene rings is 1. The lowest BCUT2D eigenvalue weighted by molar-refractivity contribution is -0.883. The SMILES string of the molecule is CCCCCC(=O)Nc1ccc(S(=O)(=O)N2CC[NH+](C)CC2)cc1. The first kappa shape index (κ1) is 18.9. The van der Waals surface area contributed by atoms with E-state index in [2.05, 4.69) is 19.3 Å². The molecule has 0 aliphatic carbocycles. The second-order valence-corrected chi connectivity index (χ2v) is 8.33. The van der Waals surface area contributed by atoms with Gasteiger partial charge < -0.3 is 10.2 Å². The van der Waals surface area contributed by atoms with Gasteiger partial charge in [-0.2, -0.15) is 4.31 Å². The first-order chi connectivity index (χ1) is 11.4. The fourth-order valence-corrected chi connectivity index (χ4v) is 4.17. The van der Waals surface area contributed by atoms with Gasteiger partial charge in [0.1, 0.15) is 0 Å². The van der Waals surface area contributed by atoms with Crippen molar-refractivity contribution in [2.75, 3.05) is 38.5 Å². The maximum Gasteiger partial charge on any atom is 0.243 e. The van der Waals surface area contributed by atoms with Crippen molar-refractivity contribution < 1.29 is 18.1 Å².